The molecule has 4 aliphatic carbocycles. The van der Waals surface area contributed by atoms with Gasteiger partial charge in [0.1, 0.15) is 37.0 Å². The SMILES string of the molecule is C[C@@H](CCC(=O)[C@@H](C)C1C(=O)CC2C3CCC4CC(O[C@@H]5OC(COC(=O)c6ccccc6)[C@H](OC(=O)c6ccccc6)[C@H](OC(=O)c6ccccc6)C5OC(=O)c5ccccc5)CCC4(C)C3CCC21C)CO[C@@H]1OC(COC(=O)c2ccccc2)[C@@H](OC(=O)c2ccccc2)[C@H](OC(=O)c2ccccc2)C1OC(=O)c1ccccc1. The lowest BCUT2D eigenvalue weighted by atomic mass is 9.44. The Bertz CT molecular complexity index is 4770. The molecule has 0 radical (unpaired) electrons. The number of fused-ring (bicyclic) bond motifs is 5. The van der Waals surface area contributed by atoms with Gasteiger partial charge in [-0.1, -0.05) is 173 Å². The van der Waals surface area contributed by atoms with Crippen LogP contribution in [0.2, 0.25) is 0 Å². The summed E-state index contributed by atoms with van der Waals surface area (Å²) in [6.45, 7) is 7.19. The van der Waals surface area contributed by atoms with E-state index < -0.39 is 146 Å². The minimum Gasteiger partial charge on any atom is -0.459 e. The van der Waals surface area contributed by atoms with Crippen LogP contribution in [-0.4, -0.2) is 147 Å². The van der Waals surface area contributed by atoms with Crippen LogP contribution in [0.25, 0.3) is 0 Å². The zero-order valence-electron chi connectivity index (χ0n) is 65.7. The number of ether oxygens (including phenoxy) is 12. The molecule has 2 aliphatic heterocycles. The molecule has 20 atom stereocenters. The first-order valence-electron chi connectivity index (χ1n) is 40.3. The predicted octanol–water partition coefficient (Wildman–Crippen LogP) is 15.4. The molecule has 14 rings (SSSR count). The Hall–Kier alpha value is -11.3. The zero-order valence-corrected chi connectivity index (χ0v) is 65.7. The maximum absolute atomic E-state index is 14.9. The molecule has 0 N–H and O–H groups in total. The van der Waals surface area contributed by atoms with Gasteiger partial charge in [-0.15, -0.1) is 0 Å². The van der Waals surface area contributed by atoms with Gasteiger partial charge in [0.05, 0.1) is 57.2 Å². The van der Waals surface area contributed by atoms with E-state index in [2.05, 4.69) is 13.8 Å². The number of carbonyl (C=O) groups excluding carboxylic acids is 10. The third-order valence-electron chi connectivity index (χ3n) is 24.8. The Morgan fingerprint density at radius 2 is 0.735 bits per heavy atom. The summed E-state index contributed by atoms with van der Waals surface area (Å²) in [6, 6.07) is 65.5. The predicted molar refractivity (Wildman–Crippen MR) is 424 cm³/mol. The van der Waals surface area contributed by atoms with Crippen LogP contribution in [-0.2, 0) is 66.4 Å². The van der Waals surface area contributed by atoms with Gasteiger partial charge in [-0.25, -0.2) is 38.4 Å². The standard InChI is InChI=1S/C95H96O22/c1-58(55-108-92-82(116-90(104)66-41-25-11-26-42-66)80(114-88(102)64-37-21-9-22-38-64)78(112-86(100)62-33-17-7-18-34-62)75(110-92)56-106-84(98)60-29-13-5-14-30-60)45-48-73(96)59(2)77-74(97)54-72-70-47-46-68-53-69(49-51-94(68,3)71(70)50-52-95(72,77)4)109-93-83(117-91(105)67-43-27-12-28-44-67)81(115-89(103)65-39-23-10-24-40-65)79(113-87(101)63-35-19-8-20-36-63)76(111-93)57-107-85(99)61-31-15-6-16-32-61/h5-44,58-59,68-72,75-83,92-93H,45-57H2,1-4H3/t58-,59+,68?,69?,70?,71?,72?,75?,76?,77?,78+,79-,80-,81-,82?,83?,92+,93+,94?,95?/m0/s1. The second-order valence-electron chi connectivity index (χ2n) is 32.0. The van der Waals surface area contributed by atoms with Gasteiger partial charge in [0.25, 0.3) is 0 Å². The van der Waals surface area contributed by atoms with Crippen LogP contribution in [0, 0.1) is 52.3 Å². The van der Waals surface area contributed by atoms with Gasteiger partial charge >= 0.3 is 47.8 Å². The summed E-state index contributed by atoms with van der Waals surface area (Å²) in [5.41, 5.74) is 0.699. The molecule has 22 nitrogen and oxygen atoms in total. The molecule has 0 amide bonds. The number of carbonyl (C=O) groups is 10. The largest absolute Gasteiger partial charge is 0.459 e. The molecule has 608 valence electrons. The maximum atomic E-state index is 14.9. The molecule has 0 aromatic heterocycles. The van der Waals surface area contributed by atoms with Crippen molar-refractivity contribution in [2.45, 2.75) is 159 Å². The van der Waals surface area contributed by atoms with Gasteiger partial charge in [0.15, 0.2) is 49.2 Å². The van der Waals surface area contributed by atoms with Crippen LogP contribution >= 0.6 is 0 Å². The first kappa shape index (κ1) is 82.2. The molecule has 22 heteroatoms. The Labute approximate surface area is 679 Å². The van der Waals surface area contributed by atoms with Crippen molar-refractivity contribution in [2.24, 2.45) is 52.3 Å². The van der Waals surface area contributed by atoms with Crippen molar-refractivity contribution in [1.82, 2.24) is 0 Å². The van der Waals surface area contributed by atoms with E-state index in [4.69, 9.17) is 56.8 Å². The molecule has 6 fully saturated rings. The number of ketones is 2. The minimum absolute atomic E-state index is 0.0218. The Kier molecular flexibility index (Phi) is 26.2. The molecule has 12 unspecified atom stereocenters. The van der Waals surface area contributed by atoms with Crippen LogP contribution in [0.1, 0.15) is 175 Å². The molecule has 0 bridgehead atoms. The van der Waals surface area contributed by atoms with Crippen molar-refractivity contribution in [3.05, 3.63) is 287 Å². The number of Topliss-reactive ketones (excluding diaryl/α,β-unsaturated/α-hetero) is 2. The summed E-state index contributed by atoms with van der Waals surface area (Å²) in [7, 11) is 0. The lowest BCUT2D eigenvalue weighted by molar-refractivity contribution is -0.313. The highest BCUT2D eigenvalue weighted by Gasteiger charge is 2.64. The van der Waals surface area contributed by atoms with Crippen molar-refractivity contribution >= 4 is 59.3 Å². The first-order chi connectivity index (χ1) is 56.7. The highest BCUT2D eigenvalue weighted by atomic mass is 16.8. The molecule has 8 aromatic carbocycles. The van der Waals surface area contributed by atoms with Crippen LogP contribution in [0.3, 0.4) is 0 Å². The van der Waals surface area contributed by atoms with Crippen molar-refractivity contribution in [2.75, 3.05) is 19.8 Å². The average molecular weight is 1590 g/mol. The summed E-state index contributed by atoms with van der Waals surface area (Å²) < 4.78 is 76.9. The molecular weight excluding hydrogens is 1490 g/mol. The van der Waals surface area contributed by atoms with Crippen LogP contribution < -0.4 is 0 Å². The van der Waals surface area contributed by atoms with Gasteiger partial charge in [-0.3, -0.25) is 9.59 Å². The van der Waals surface area contributed by atoms with Gasteiger partial charge in [0, 0.05) is 24.7 Å². The molecular formula is C95H96O22. The Morgan fingerprint density at radius 3 is 1.13 bits per heavy atom. The van der Waals surface area contributed by atoms with E-state index in [9.17, 15) is 47.9 Å². The normalized spacial score (nSPS) is 28.2. The van der Waals surface area contributed by atoms with E-state index in [1.165, 1.54) is 24.3 Å². The number of benzene rings is 8. The summed E-state index contributed by atoms with van der Waals surface area (Å²) in [5, 5.41) is 0. The Morgan fingerprint density at radius 1 is 0.393 bits per heavy atom. The molecule has 0 spiro atoms. The van der Waals surface area contributed by atoms with E-state index in [1.54, 1.807) is 218 Å². The fourth-order valence-corrected chi connectivity index (χ4v) is 18.7. The smallest absolute Gasteiger partial charge is 0.338 e. The summed E-state index contributed by atoms with van der Waals surface area (Å²) in [6.07, 6.45) is -9.93. The fourth-order valence-electron chi connectivity index (χ4n) is 18.7. The third kappa shape index (κ3) is 18.9. The minimum atomic E-state index is -1.64. The summed E-state index contributed by atoms with van der Waals surface area (Å²) in [5.74, 6) is -7.32. The van der Waals surface area contributed by atoms with Crippen LogP contribution in [0.4, 0.5) is 0 Å². The maximum Gasteiger partial charge on any atom is 0.338 e. The van der Waals surface area contributed by atoms with Gasteiger partial charge in [-0.2, -0.15) is 0 Å². The number of hydrogen-bond donors (Lipinski definition) is 0. The highest BCUT2D eigenvalue weighted by Crippen LogP contribution is 2.68. The molecule has 4 saturated carbocycles. The van der Waals surface area contributed by atoms with Crippen LogP contribution in [0.15, 0.2) is 243 Å². The van der Waals surface area contributed by atoms with E-state index in [-0.39, 0.29) is 104 Å². The second kappa shape index (κ2) is 37.3. The monoisotopic (exact) mass is 1590 g/mol. The molecule has 2 saturated heterocycles. The molecule has 2 heterocycles. The highest BCUT2D eigenvalue weighted by molar-refractivity contribution is 5.95. The molecule has 6 aliphatic rings. The van der Waals surface area contributed by atoms with E-state index in [0.29, 0.717) is 25.7 Å². The van der Waals surface area contributed by atoms with Crippen molar-refractivity contribution < 1.29 is 105 Å². The summed E-state index contributed by atoms with van der Waals surface area (Å²) in [4.78, 5) is 143. The van der Waals surface area contributed by atoms with Crippen molar-refractivity contribution in [3.63, 3.8) is 0 Å². The summed E-state index contributed by atoms with van der Waals surface area (Å²) >= 11 is 0. The van der Waals surface area contributed by atoms with Crippen LogP contribution in [0.5, 0.6) is 0 Å². The van der Waals surface area contributed by atoms with Crippen molar-refractivity contribution in [3.8, 4) is 0 Å². The Balaban J connectivity index is 0.664. The quantitative estimate of drug-likeness (QED) is 0.0250. The lowest BCUT2D eigenvalue weighted by Gasteiger charge is -2.61. The zero-order chi connectivity index (χ0) is 81.7. The number of rotatable bonds is 28. The number of hydrogen-bond acceptors (Lipinski definition) is 22. The lowest BCUT2D eigenvalue weighted by Crippen LogP contribution is -2.64. The van der Waals surface area contributed by atoms with Gasteiger partial charge < -0.3 is 56.8 Å². The molecule has 117 heavy (non-hydrogen) atoms. The topological polar surface area (TPSA) is 281 Å². The van der Waals surface area contributed by atoms with Gasteiger partial charge in [0.2, 0.25) is 0 Å². The molecule has 8 aromatic rings. The average Bonchev–Trinajstić information content (AvgIpc) is 1.62. The fraction of sp³-hybridized carbons (Fsp3) is 0.389. The second-order valence-corrected chi connectivity index (χ2v) is 32.0. The van der Waals surface area contributed by atoms with Gasteiger partial charge in [-0.05, 0) is 189 Å². The number of esters is 8. The van der Waals surface area contributed by atoms with Crippen molar-refractivity contribution in [1.29, 1.82) is 0 Å². The third-order valence-corrected chi connectivity index (χ3v) is 24.8. The van der Waals surface area contributed by atoms with E-state index >= 15 is 0 Å². The first-order valence-corrected chi connectivity index (χ1v) is 40.3. The van der Waals surface area contributed by atoms with E-state index in [1.807, 2.05) is 13.8 Å². The van der Waals surface area contributed by atoms with E-state index in [0.717, 1.165) is 32.1 Å².